The minimum Gasteiger partial charge on any atom is -0.324 e. The molecule has 5 nitrogen and oxygen atoms in total. The molecule has 0 saturated heterocycles. The van der Waals surface area contributed by atoms with E-state index in [1.54, 1.807) is 6.92 Å². The molecule has 1 aromatic heterocycles. The molecule has 0 spiro atoms. The van der Waals surface area contributed by atoms with Crippen LogP contribution in [-0.4, -0.2) is 20.3 Å². The number of aryl methyl sites for hydroxylation is 2. The van der Waals surface area contributed by atoms with Gasteiger partial charge >= 0.3 is 5.51 Å². The molecule has 3 rings (SSSR count). The smallest absolute Gasteiger partial charge is 0.324 e. The summed E-state index contributed by atoms with van der Waals surface area (Å²) < 4.78 is 79.5. The second-order valence-electron chi connectivity index (χ2n) is 6.51. The molecule has 1 heterocycles. The van der Waals surface area contributed by atoms with E-state index in [2.05, 4.69) is 15.4 Å². The molecule has 0 aliphatic rings. The molecule has 0 aliphatic carbocycles. The fourth-order valence-corrected chi connectivity index (χ4v) is 3.21. The molecule has 0 aliphatic heterocycles. The van der Waals surface area contributed by atoms with E-state index in [1.165, 1.54) is 25.1 Å². The number of rotatable bonds is 5. The molecule has 0 atom stereocenters. The highest BCUT2D eigenvalue weighted by Crippen LogP contribution is 2.38. The van der Waals surface area contributed by atoms with Gasteiger partial charge in [-0.2, -0.15) is 23.3 Å². The van der Waals surface area contributed by atoms with Gasteiger partial charge in [0.25, 0.3) is 5.56 Å². The van der Waals surface area contributed by atoms with Crippen LogP contribution in [0.25, 0.3) is 0 Å². The summed E-state index contributed by atoms with van der Waals surface area (Å²) in [7, 11) is 0. The number of hydrogen-bond acceptors (Lipinski definition) is 5. The van der Waals surface area contributed by atoms with Crippen LogP contribution in [0.1, 0.15) is 16.8 Å². The van der Waals surface area contributed by atoms with Gasteiger partial charge in [0.1, 0.15) is 5.69 Å². The topological polar surface area (TPSA) is 59.8 Å². The van der Waals surface area contributed by atoms with Gasteiger partial charge in [-0.15, -0.1) is 0 Å². The zero-order chi connectivity index (χ0) is 22.9. The molecular formula is C19H14F6N4OS. The monoisotopic (exact) mass is 460 g/mol. The van der Waals surface area contributed by atoms with Crippen molar-refractivity contribution in [1.82, 2.24) is 14.8 Å². The summed E-state index contributed by atoms with van der Waals surface area (Å²) in [5, 5.41) is 6.76. The predicted octanol–water partition coefficient (Wildman–Crippen LogP) is 5.08. The average Bonchev–Trinajstić information content (AvgIpc) is 2.65. The van der Waals surface area contributed by atoms with Crippen LogP contribution in [0.15, 0.2) is 40.0 Å². The zero-order valence-corrected chi connectivity index (χ0v) is 16.8. The highest BCUT2D eigenvalue weighted by molar-refractivity contribution is 8.00. The van der Waals surface area contributed by atoms with Crippen molar-refractivity contribution in [2.75, 3.05) is 5.32 Å². The normalized spacial score (nSPS) is 11.6. The highest BCUT2D eigenvalue weighted by atomic mass is 32.2. The van der Waals surface area contributed by atoms with Crippen molar-refractivity contribution >= 4 is 23.4 Å². The second-order valence-corrected chi connectivity index (χ2v) is 7.65. The first-order valence-corrected chi connectivity index (χ1v) is 9.47. The van der Waals surface area contributed by atoms with E-state index in [4.69, 9.17) is 0 Å². The van der Waals surface area contributed by atoms with Gasteiger partial charge in [0, 0.05) is 10.6 Å². The van der Waals surface area contributed by atoms with Crippen molar-refractivity contribution in [1.29, 1.82) is 0 Å². The van der Waals surface area contributed by atoms with E-state index in [-0.39, 0.29) is 46.1 Å². The Bertz CT molecular complexity index is 1170. The SMILES string of the molecule is Cc1ccc(SC(F)(F)F)cc1Nc1nc(=O)c(C)nn1Cc1cc(F)c(F)c(F)c1. The standard InChI is InChI=1S/C19H14F6N4OS/c1-9-3-4-12(31-19(23,24)25)7-15(9)26-18-27-17(30)10(2)28-29(18)8-11-5-13(20)16(22)14(21)6-11/h3-7H,8H2,1-2H3,(H,26,27,30). The summed E-state index contributed by atoms with van der Waals surface area (Å²) in [6, 6.07) is 5.50. The lowest BCUT2D eigenvalue weighted by atomic mass is 10.2. The van der Waals surface area contributed by atoms with Crippen LogP contribution < -0.4 is 10.9 Å². The Kier molecular flexibility index (Phi) is 6.30. The first kappa shape index (κ1) is 22.7. The van der Waals surface area contributed by atoms with Gasteiger partial charge in [-0.25, -0.2) is 17.9 Å². The largest absolute Gasteiger partial charge is 0.446 e. The van der Waals surface area contributed by atoms with E-state index < -0.39 is 28.5 Å². The minimum absolute atomic E-state index is 0.00472. The fourth-order valence-electron chi connectivity index (χ4n) is 2.63. The first-order chi connectivity index (χ1) is 14.4. The van der Waals surface area contributed by atoms with E-state index in [1.807, 2.05) is 0 Å². The average molecular weight is 460 g/mol. The molecule has 0 amide bonds. The van der Waals surface area contributed by atoms with E-state index in [0.717, 1.165) is 16.8 Å². The lowest BCUT2D eigenvalue weighted by Gasteiger charge is -2.16. The second kappa shape index (κ2) is 8.61. The summed E-state index contributed by atoms with van der Waals surface area (Å²) in [6.45, 7) is 2.70. The molecule has 164 valence electrons. The Hall–Kier alpha value is -3.02. The summed E-state index contributed by atoms with van der Waals surface area (Å²) in [6.07, 6.45) is 0. The molecule has 2 aromatic carbocycles. The van der Waals surface area contributed by atoms with Crippen LogP contribution >= 0.6 is 11.8 Å². The molecule has 12 heteroatoms. The summed E-state index contributed by atoms with van der Waals surface area (Å²) in [5.41, 5.74) is -4.45. The van der Waals surface area contributed by atoms with Crippen LogP contribution in [0.5, 0.6) is 0 Å². The van der Waals surface area contributed by atoms with Gasteiger partial charge in [-0.1, -0.05) is 6.07 Å². The zero-order valence-electron chi connectivity index (χ0n) is 16.0. The van der Waals surface area contributed by atoms with E-state index >= 15 is 0 Å². The molecule has 0 radical (unpaired) electrons. The maximum Gasteiger partial charge on any atom is 0.446 e. The Labute approximate surface area is 176 Å². The van der Waals surface area contributed by atoms with Gasteiger partial charge in [-0.05, 0) is 61.0 Å². The Balaban J connectivity index is 2.00. The molecule has 3 aromatic rings. The molecule has 31 heavy (non-hydrogen) atoms. The Morgan fingerprint density at radius 3 is 2.32 bits per heavy atom. The number of benzene rings is 2. The number of thioether (sulfide) groups is 1. The van der Waals surface area contributed by atoms with E-state index in [9.17, 15) is 31.1 Å². The van der Waals surface area contributed by atoms with E-state index in [0.29, 0.717) is 5.56 Å². The summed E-state index contributed by atoms with van der Waals surface area (Å²) in [5.74, 6) is -4.59. The lowest BCUT2D eigenvalue weighted by molar-refractivity contribution is -0.0328. The fraction of sp³-hybridized carbons (Fsp3) is 0.211. The van der Waals surface area contributed by atoms with Gasteiger partial charge < -0.3 is 5.32 Å². The Morgan fingerprint density at radius 1 is 1.06 bits per heavy atom. The van der Waals surface area contributed by atoms with Gasteiger partial charge in [0.2, 0.25) is 5.95 Å². The maximum absolute atomic E-state index is 13.5. The van der Waals surface area contributed by atoms with Crippen molar-refractivity contribution in [2.45, 2.75) is 30.8 Å². The number of nitrogens with zero attached hydrogens (tertiary/aromatic N) is 3. The maximum atomic E-state index is 13.5. The van der Waals surface area contributed by atoms with Gasteiger partial charge in [0.05, 0.1) is 6.54 Å². The highest BCUT2D eigenvalue weighted by Gasteiger charge is 2.29. The number of hydrogen-bond donors (Lipinski definition) is 1. The van der Waals surface area contributed by atoms with Crippen molar-refractivity contribution < 1.29 is 26.3 Å². The van der Waals surface area contributed by atoms with Crippen LogP contribution in [0.4, 0.5) is 38.0 Å². The number of aromatic nitrogens is 3. The number of halogens is 6. The summed E-state index contributed by atoms with van der Waals surface area (Å²) in [4.78, 5) is 15.7. The number of nitrogens with one attached hydrogen (secondary N) is 1. The van der Waals surface area contributed by atoms with Crippen molar-refractivity contribution in [3.8, 4) is 0 Å². The van der Waals surface area contributed by atoms with Crippen molar-refractivity contribution in [3.05, 3.63) is 75.0 Å². The molecule has 0 unspecified atom stereocenters. The minimum atomic E-state index is -4.49. The number of anilines is 2. The Morgan fingerprint density at radius 2 is 1.71 bits per heavy atom. The van der Waals surface area contributed by atoms with Crippen molar-refractivity contribution in [2.24, 2.45) is 0 Å². The van der Waals surface area contributed by atoms with Crippen LogP contribution in [0.2, 0.25) is 0 Å². The third kappa shape index (κ3) is 5.57. The van der Waals surface area contributed by atoms with Crippen molar-refractivity contribution in [3.63, 3.8) is 0 Å². The third-order valence-corrected chi connectivity index (χ3v) is 4.82. The van der Waals surface area contributed by atoms with Crippen LogP contribution in [-0.2, 0) is 6.54 Å². The predicted molar refractivity (Wildman–Crippen MR) is 103 cm³/mol. The molecule has 0 bridgehead atoms. The first-order valence-electron chi connectivity index (χ1n) is 8.65. The van der Waals surface area contributed by atoms with Gasteiger partial charge in [0.15, 0.2) is 17.5 Å². The lowest BCUT2D eigenvalue weighted by Crippen LogP contribution is -2.23. The molecule has 0 fully saturated rings. The molecule has 1 N–H and O–H groups in total. The quantitative estimate of drug-likeness (QED) is 0.327. The third-order valence-electron chi connectivity index (χ3n) is 4.10. The summed E-state index contributed by atoms with van der Waals surface area (Å²) >= 11 is -0.312. The molecular weight excluding hydrogens is 446 g/mol. The number of alkyl halides is 3. The van der Waals surface area contributed by atoms with Gasteiger partial charge in [-0.3, -0.25) is 4.79 Å². The van der Waals surface area contributed by atoms with Crippen LogP contribution in [0.3, 0.4) is 0 Å². The van der Waals surface area contributed by atoms with Crippen LogP contribution in [0, 0.1) is 31.3 Å². The molecule has 0 saturated carbocycles.